The summed E-state index contributed by atoms with van der Waals surface area (Å²) in [5.74, 6) is 0. The lowest BCUT2D eigenvalue weighted by atomic mass is 9.96. The summed E-state index contributed by atoms with van der Waals surface area (Å²) in [7, 11) is 0. The molecule has 72 valence electrons. The first-order valence-corrected chi connectivity index (χ1v) is 4.61. The molecule has 2 heteroatoms. The second kappa shape index (κ2) is 4.40. The molecule has 1 aromatic carbocycles. The van der Waals surface area contributed by atoms with Crippen LogP contribution in [0.5, 0.6) is 0 Å². The van der Waals surface area contributed by atoms with Crippen molar-refractivity contribution >= 4 is 0 Å². The van der Waals surface area contributed by atoms with Crippen molar-refractivity contribution in [3.63, 3.8) is 0 Å². The van der Waals surface area contributed by atoms with E-state index in [0.717, 1.165) is 16.7 Å². The second-order valence-electron chi connectivity index (χ2n) is 3.40. The van der Waals surface area contributed by atoms with E-state index in [1.807, 2.05) is 32.0 Å². The van der Waals surface area contributed by atoms with Gasteiger partial charge in [0.2, 0.25) is 0 Å². The van der Waals surface area contributed by atoms with E-state index in [1.165, 1.54) is 0 Å². The fourth-order valence-corrected chi connectivity index (χ4v) is 1.66. The van der Waals surface area contributed by atoms with Gasteiger partial charge in [-0.05, 0) is 43.5 Å². The highest BCUT2D eigenvalue weighted by molar-refractivity contribution is 5.35. The Kier molecular flexibility index (Phi) is 3.46. The maximum Gasteiger partial charge on any atom is 0.0807 e. The lowest BCUT2D eigenvalue weighted by molar-refractivity contribution is 0.169. The predicted octanol–water partition coefficient (Wildman–Crippen LogP) is 1.69. The summed E-state index contributed by atoms with van der Waals surface area (Å²) < 4.78 is 0. The van der Waals surface area contributed by atoms with Gasteiger partial charge in [-0.3, -0.25) is 0 Å². The molecule has 0 spiro atoms. The lowest BCUT2D eigenvalue weighted by Crippen LogP contribution is -2.09. The van der Waals surface area contributed by atoms with Gasteiger partial charge < -0.3 is 10.8 Å². The Morgan fingerprint density at radius 1 is 1.31 bits per heavy atom. The maximum absolute atomic E-state index is 9.80. The van der Waals surface area contributed by atoms with Crippen molar-refractivity contribution in [1.29, 1.82) is 0 Å². The van der Waals surface area contributed by atoms with Crippen LogP contribution in [0.2, 0.25) is 0 Å². The highest BCUT2D eigenvalue weighted by Gasteiger charge is 2.11. The van der Waals surface area contributed by atoms with Crippen LogP contribution in [0, 0.1) is 13.8 Å². The molecule has 3 N–H and O–H groups in total. The van der Waals surface area contributed by atoms with Crippen molar-refractivity contribution in [2.45, 2.75) is 26.4 Å². The number of nitrogens with two attached hydrogens (primary N) is 1. The molecule has 0 amide bonds. The Bertz CT molecular complexity index is 263. The molecular weight excluding hydrogens is 162 g/mol. The Labute approximate surface area is 79.4 Å². The number of aliphatic hydroxyl groups excluding tert-OH is 1. The number of aliphatic hydroxyl groups is 1. The van der Waals surface area contributed by atoms with Gasteiger partial charge in [-0.2, -0.15) is 0 Å². The number of rotatable bonds is 3. The highest BCUT2D eigenvalue weighted by Crippen LogP contribution is 2.23. The van der Waals surface area contributed by atoms with E-state index in [1.54, 1.807) is 0 Å². The molecule has 0 heterocycles. The third-order valence-electron chi connectivity index (χ3n) is 2.32. The number of aryl methyl sites for hydroxylation is 2. The second-order valence-corrected chi connectivity index (χ2v) is 3.40. The van der Waals surface area contributed by atoms with Gasteiger partial charge in [0.25, 0.3) is 0 Å². The molecule has 2 nitrogen and oxygen atoms in total. The van der Waals surface area contributed by atoms with E-state index in [0.29, 0.717) is 13.0 Å². The van der Waals surface area contributed by atoms with Crippen molar-refractivity contribution in [3.05, 3.63) is 34.9 Å². The molecule has 0 fully saturated rings. The molecule has 1 rings (SSSR count). The summed E-state index contributed by atoms with van der Waals surface area (Å²) in [6.45, 7) is 4.55. The minimum Gasteiger partial charge on any atom is -0.388 e. The van der Waals surface area contributed by atoms with Gasteiger partial charge in [0.15, 0.2) is 0 Å². The first-order valence-electron chi connectivity index (χ1n) is 4.61. The fourth-order valence-electron chi connectivity index (χ4n) is 1.66. The minimum atomic E-state index is -0.411. The van der Waals surface area contributed by atoms with Gasteiger partial charge >= 0.3 is 0 Å². The topological polar surface area (TPSA) is 46.2 Å². The monoisotopic (exact) mass is 179 g/mol. The van der Waals surface area contributed by atoms with Crippen LogP contribution in [-0.4, -0.2) is 11.7 Å². The van der Waals surface area contributed by atoms with Gasteiger partial charge in [-0.1, -0.05) is 18.2 Å². The van der Waals surface area contributed by atoms with E-state index in [-0.39, 0.29) is 0 Å². The van der Waals surface area contributed by atoms with Gasteiger partial charge in [0.05, 0.1) is 6.10 Å². The van der Waals surface area contributed by atoms with E-state index < -0.39 is 6.10 Å². The zero-order chi connectivity index (χ0) is 9.84. The first kappa shape index (κ1) is 10.2. The van der Waals surface area contributed by atoms with Gasteiger partial charge in [-0.15, -0.1) is 0 Å². The summed E-state index contributed by atoms with van der Waals surface area (Å²) >= 11 is 0. The molecule has 0 bridgehead atoms. The lowest BCUT2D eigenvalue weighted by Gasteiger charge is -2.15. The zero-order valence-electron chi connectivity index (χ0n) is 8.25. The molecule has 0 aliphatic rings. The highest BCUT2D eigenvalue weighted by atomic mass is 16.3. The van der Waals surface area contributed by atoms with Crippen molar-refractivity contribution in [2.75, 3.05) is 6.54 Å². The van der Waals surface area contributed by atoms with Gasteiger partial charge in [-0.25, -0.2) is 0 Å². The molecule has 13 heavy (non-hydrogen) atoms. The summed E-state index contributed by atoms with van der Waals surface area (Å²) in [4.78, 5) is 0. The Morgan fingerprint density at radius 3 is 2.31 bits per heavy atom. The zero-order valence-corrected chi connectivity index (χ0v) is 8.25. The molecule has 0 aliphatic heterocycles. The maximum atomic E-state index is 9.80. The predicted molar refractivity (Wildman–Crippen MR) is 54.5 cm³/mol. The molecule has 0 radical (unpaired) electrons. The van der Waals surface area contributed by atoms with Crippen molar-refractivity contribution in [3.8, 4) is 0 Å². The standard InChI is InChI=1S/C11H17NO/c1-8-4-3-5-9(2)11(8)10(13)6-7-12/h3-5,10,13H,6-7,12H2,1-2H3/t10-/m1/s1. The first-order chi connectivity index (χ1) is 6.16. The molecule has 0 saturated heterocycles. The van der Waals surface area contributed by atoms with E-state index in [4.69, 9.17) is 5.73 Å². The van der Waals surface area contributed by atoms with E-state index in [2.05, 4.69) is 0 Å². The van der Waals surface area contributed by atoms with Crippen molar-refractivity contribution < 1.29 is 5.11 Å². The van der Waals surface area contributed by atoms with Crippen LogP contribution in [-0.2, 0) is 0 Å². The van der Waals surface area contributed by atoms with Gasteiger partial charge in [0.1, 0.15) is 0 Å². The molecule has 0 aliphatic carbocycles. The molecule has 1 aromatic rings. The summed E-state index contributed by atoms with van der Waals surface area (Å²) in [6.07, 6.45) is 0.220. The normalized spacial score (nSPS) is 12.9. The van der Waals surface area contributed by atoms with Crippen LogP contribution in [0.15, 0.2) is 18.2 Å². The molecule has 0 unspecified atom stereocenters. The van der Waals surface area contributed by atoms with E-state index in [9.17, 15) is 5.11 Å². The average molecular weight is 179 g/mol. The van der Waals surface area contributed by atoms with Gasteiger partial charge in [0, 0.05) is 0 Å². The molecule has 1 atom stereocenters. The number of benzene rings is 1. The molecule has 0 saturated carbocycles. The van der Waals surface area contributed by atoms with Crippen molar-refractivity contribution in [2.24, 2.45) is 5.73 Å². The average Bonchev–Trinajstić information content (AvgIpc) is 2.04. The third kappa shape index (κ3) is 2.29. The minimum absolute atomic E-state index is 0.411. The van der Waals surface area contributed by atoms with Crippen LogP contribution >= 0.6 is 0 Å². The van der Waals surface area contributed by atoms with Crippen LogP contribution in [0.3, 0.4) is 0 Å². The Hall–Kier alpha value is -0.860. The van der Waals surface area contributed by atoms with Crippen LogP contribution in [0.1, 0.15) is 29.2 Å². The Morgan fingerprint density at radius 2 is 1.85 bits per heavy atom. The quantitative estimate of drug-likeness (QED) is 0.741. The number of hydrogen-bond acceptors (Lipinski definition) is 2. The molecule has 0 aromatic heterocycles. The number of hydrogen-bond donors (Lipinski definition) is 2. The van der Waals surface area contributed by atoms with Crippen LogP contribution in [0.25, 0.3) is 0 Å². The van der Waals surface area contributed by atoms with Crippen molar-refractivity contribution in [1.82, 2.24) is 0 Å². The summed E-state index contributed by atoms with van der Waals surface area (Å²) in [6, 6.07) is 6.04. The largest absolute Gasteiger partial charge is 0.388 e. The summed E-state index contributed by atoms with van der Waals surface area (Å²) in [5.41, 5.74) is 8.72. The molecular formula is C11H17NO. The SMILES string of the molecule is Cc1cccc(C)c1[C@H](O)CCN. The Balaban J connectivity index is 2.98. The van der Waals surface area contributed by atoms with Crippen LogP contribution < -0.4 is 5.73 Å². The van der Waals surface area contributed by atoms with Crippen LogP contribution in [0.4, 0.5) is 0 Å². The third-order valence-corrected chi connectivity index (χ3v) is 2.32. The summed E-state index contributed by atoms with van der Waals surface area (Å²) in [5, 5.41) is 9.80. The fraction of sp³-hybridized carbons (Fsp3) is 0.455. The van der Waals surface area contributed by atoms with E-state index >= 15 is 0 Å². The smallest absolute Gasteiger partial charge is 0.0807 e.